The van der Waals surface area contributed by atoms with Gasteiger partial charge in [-0.3, -0.25) is 4.79 Å². The third-order valence-corrected chi connectivity index (χ3v) is 1.86. The van der Waals surface area contributed by atoms with E-state index in [0.717, 1.165) is 19.6 Å². The van der Waals surface area contributed by atoms with Crippen molar-refractivity contribution in [3.8, 4) is 0 Å². The number of nitrogens with one attached hydrogen (secondary N) is 3. The Morgan fingerprint density at radius 1 is 1.13 bits per heavy atom. The van der Waals surface area contributed by atoms with Gasteiger partial charge in [0, 0.05) is 32.6 Å². The van der Waals surface area contributed by atoms with Crippen LogP contribution in [0, 0.1) is 0 Å². The smallest absolute Gasteiger partial charge is 0.219 e. The fraction of sp³-hybridized carbons (Fsp3) is 0.900. The fourth-order valence-corrected chi connectivity index (χ4v) is 0.972. The second-order valence-electron chi connectivity index (χ2n) is 3.17. The van der Waals surface area contributed by atoms with Gasteiger partial charge in [-0.05, 0) is 7.05 Å². The Hall–Kier alpha value is -0.650. The molecule has 0 saturated heterocycles. The van der Waals surface area contributed by atoms with Crippen LogP contribution in [0.15, 0.2) is 0 Å². The van der Waals surface area contributed by atoms with Crippen LogP contribution in [-0.4, -0.2) is 52.3 Å². The normalized spacial score (nSPS) is 10.3. The van der Waals surface area contributed by atoms with Gasteiger partial charge in [0.1, 0.15) is 0 Å². The molecule has 0 fully saturated rings. The van der Waals surface area contributed by atoms with Crippen molar-refractivity contribution < 1.29 is 9.53 Å². The van der Waals surface area contributed by atoms with E-state index >= 15 is 0 Å². The van der Waals surface area contributed by atoms with E-state index in [1.165, 1.54) is 0 Å². The van der Waals surface area contributed by atoms with Crippen molar-refractivity contribution in [2.24, 2.45) is 0 Å². The predicted molar refractivity (Wildman–Crippen MR) is 60.9 cm³/mol. The van der Waals surface area contributed by atoms with Crippen LogP contribution in [0.4, 0.5) is 0 Å². The topological polar surface area (TPSA) is 62.4 Å². The highest BCUT2D eigenvalue weighted by atomic mass is 16.5. The number of amides is 1. The Morgan fingerprint density at radius 2 is 1.87 bits per heavy atom. The molecule has 0 saturated carbocycles. The molecule has 0 aromatic heterocycles. The summed E-state index contributed by atoms with van der Waals surface area (Å²) in [6, 6.07) is 0. The number of likely N-dealkylation sites (N-methyl/N-ethyl adjacent to an activating group) is 1. The zero-order valence-corrected chi connectivity index (χ0v) is 9.77. The highest BCUT2D eigenvalue weighted by Gasteiger charge is 1.94. The molecule has 90 valence electrons. The summed E-state index contributed by atoms with van der Waals surface area (Å²) in [5.74, 6) is 0.0748. The van der Waals surface area contributed by atoms with Crippen molar-refractivity contribution in [1.29, 1.82) is 0 Å². The van der Waals surface area contributed by atoms with E-state index in [0.29, 0.717) is 26.2 Å². The van der Waals surface area contributed by atoms with Crippen molar-refractivity contribution in [2.75, 3.05) is 46.4 Å². The second-order valence-corrected chi connectivity index (χ2v) is 3.17. The van der Waals surface area contributed by atoms with Crippen molar-refractivity contribution in [2.45, 2.75) is 13.3 Å². The van der Waals surface area contributed by atoms with Crippen LogP contribution in [0.25, 0.3) is 0 Å². The summed E-state index contributed by atoms with van der Waals surface area (Å²) in [4.78, 5) is 10.8. The lowest BCUT2D eigenvalue weighted by atomic mass is 10.4. The van der Waals surface area contributed by atoms with Crippen LogP contribution in [0.2, 0.25) is 0 Å². The van der Waals surface area contributed by atoms with Gasteiger partial charge in [-0.1, -0.05) is 6.92 Å². The predicted octanol–water partition coefficient (Wildman–Crippen LogP) is -0.662. The van der Waals surface area contributed by atoms with Gasteiger partial charge in [-0.25, -0.2) is 0 Å². The van der Waals surface area contributed by atoms with Crippen molar-refractivity contribution >= 4 is 5.91 Å². The van der Waals surface area contributed by atoms with Gasteiger partial charge in [-0.2, -0.15) is 0 Å². The number of carbonyl (C=O) groups excluding carboxylic acids is 1. The number of hydrogen-bond acceptors (Lipinski definition) is 4. The molecule has 0 atom stereocenters. The number of carbonyl (C=O) groups is 1. The van der Waals surface area contributed by atoms with E-state index in [1.807, 2.05) is 14.0 Å². The lowest BCUT2D eigenvalue weighted by Crippen LogP contribution is -2.29. The lowest BCUT2D eigenvalue weighted by molar-refractivity contribution is -0.121. The van der Waals surface area contributed by atoms with Gasteiger partial charge >= 0.3 is 0 Å². The maximum absolute atomic E-state index is 10.8. The van der Waals surface area contributed by atoms with Crippen LogP contribution >= 0.6 is 0 Å². The molecule has 0 spiro atoms. The Balaban J connectivity index is 2.95. The molecule has 0 aliphatic heterocycles. The zero-order valence-electron chi connectivity index (χ0n) is 9.77. The SMILES string of the molecule is CCC(=O)NCCOCCNCCNC. The molecule has 0 aliphatic carbocycles. The zero-order chi connectivity index (χ0) is 11.4. The molecule has 0 rings (SSSR count). The van der Waals surface area contributed by atoms with Gasteiger partial charge in [0.2, 0.25) is 5.91 Å². The van der Waals surface area contributed by atoms with E-state index in [-0.39, 0.29) is 5.91 Å². The van der Waals surface area contributed by atoms with Crippen LogP contribution in [0.3, 0.4) is 0 Å². The third-order valence-electron chi connectivity index (χ3n) is 1.86. The van der Waals surface area contributed by atoms with E-state index < -0.39 is 0 Å². The fourth-order valence-electron chi connectivity index (χ4n) is 0.972. The standard InChI is InChI=1S/C10H23N3O2/c1-3-10(14)13-7-9-15-8-6-12-5-4-11-2/h11-12H,3-9H2,1-2H3,(H,13,14). The first-order valence-electron chi connectivity index (χ1n) is 5.51. The quantitative estimate of drug-likeness (QED) is 0.425. The first-order chi connectivity index (χ1) is 7.31. The van der Waals surface area contributed by atoms with Crippen molar-refractivity contribution in [3.63, 3.8) is 0 Å². The van der Waals surface area contributed by atoms with Gasteiger partial charge < -0.3 is 20.7 Å². The lowest BCUT2D eigenvalue weighted by Gasteiger charge is -2.06. The van der Waals surface area contributed by atoms with Crippen LogP contribution < -0.4 is 16.0 Å². The molecular weight excluding hydrogens is 194 g/mol. The number of rotatable bonds is 10. The van der Waals surface area contributed by atoms with Gasteiger partial charge in [0.15, 0.2) is 0 Å². The van der Waals surface area contributed by atoms with Crippen molar-refractivity contribution in [3.05, 3.63) is 0 Å². The molecule has 1 amide bonds. The second kappa shape index (κ2) is 11.4. The Kier molecular flexibility index (Phi) is 10.9. The molecule has 5 heteroatoms. The molecule has 0 bridgehead atoms. The number of ether oxygens (including phenoxy) is 1. The first-order valence-corrected chi connectivity index (χ1v) is 5.51. The summed E-state index contributed by atoms with van der Waals surface area (Å²) >= 11 is 0. The first kappa shape index (κ1) is 14.3. The minimum atomic E-state index is 0.0748. The van der Waals surface area contributed by atoms with E-state index in [9.17, 15) is 4.79 Å². The molecule has 0 aromatic rings. The summed E-state index contributed by atoms with van der Waals surface area (Å²) in [6.07, 6.45) is 0.533. The monoisotopic (exact) mass is 217 g/mol. The van der Waals surface area contributed by atoms with Crippen LogP contribution in [-0.2, 0) is 9.53 Å². The number of hydrogen-bond donors (Lipinski definition) is 3. The molecule has 0 unspecified atom stereocenters. The van der Waals surface area contributed by atoms with Crippen LogP contribution in [0.1, 0.15) is 13.3 Å². The summed E-state index contributed by atoms with van der Waals surface area (Å²) < 4.78 is 5.31. The van der Waals surface area contributed by atoms with E-state index in [1.54, 1.807) is 0 Å². The highest BCUT2D eigenvalue weighted by Crippen LogP contribution is 1.76. The summed E-state index contributed by atoms with van der Waals surface area (Å²) in [5, 5.41) is 9.02. The maximum atomic E-state index is 10.8. The summed E-state index contributed by atoms with van der Waals surface area (Å²) in [5.41, 5.74) is 0. The average Bonchev–Trinajstić information content (AvgIpc) is 2.26. The molecule has 15 heavy (non-hydrogen) atoms. The molecule has 0 heterocycles. The summed E-state index contributed by atoms with van der Waals surface area (Å²) in [7, 11) is 1.93. The molecule has 0 aromatic carbocycles. The van der Waals surface area contributed by atoms with E-state index in [4.69, 9.17) is 4.74 Å². The molecule has 0 aliphatic rings. The Bertz CT molecular complexity index is 154. The molecule has 5 nitrogen and oxygen atoms in total. The Morgan fingerprint density at radius 3 is 2.53 bits per heavy atom. The van der Waals surface area contributed by atoms with Gasteiger partial charge in [-0.15, -0.1) is 0 Å². The Labute approximate surface area is 91.9 Å². The van der Waals surface area contributed by atoms with Crippen molar-refractivity contribution in [1.82, 2.24) is 16.0 Å². The van der Waals surface area contributed by atoms with Gasteiger partial charge in [0.25, 0.3) is 0 Å². The molecule has 0 radical (unpaired) electrons. The minimum Gasteiger partial charge on any atom is -0.378 e. The van der Waals surface area contributed by atoms with E-state index in [2.05, 4.69) is 16.0 Å². The van der Waals surface area contributed by atoms with Gasteiger partial charge in [0.05, 0.1) is 13.2 Å². The molecular formula is C10H23N3O2. The summed E-state index contributed by atoms with van der Waals surface area (Å²) in [6.45, 7) is 6.47. The minimum absolute atomic E-state index is 0.0748. The highest BCUT2D eigenvalue weighted by molar-refractivity contribution is 5.75. The third kappa shape index (κ3) is 11.3. The maximum Gasteiger partial charge on any atom is 0.219 e. The average molecular weight is 217 g/mol. The largest absolute Gasteiger partial charge is 0.378 e. The van der Waals surface area contributed by atoms with Crippen LogP contribution in [0.5, 0.6) is 0 Å². The molecule has 3 N–H and O–H groups in total.